The average molecular weight is 388 g/mol. The first-order valence-electron chi connectivity index (χ1n) is 9.43. The zero-order valence-corrected chi connectivity index (χ0v) is 16.2. The number of carboxylic acids is 1. The summed E-state index contributed by atoms with van der Waals surface area (Å²) in [6.07, 6.45) is 1.95. The number of hydrogen-bond acceptors (Lipinski definition) is 3. The van der Waals surface area contributed by atoms with Gasteiger partial charge < -0.3 is 14.9 Å². The normalized spacial score (nSPS) is 12.8. The Hall–Kier alpha value is -3.21. The van der Waals surface area contributed by atoms with Crippen LogP contribution in [0, 0.1) is 6.92 Å². The minimum atomic E-state index is -1.78. The summed E-state index contributed by atoms with van der Waals surface area (Å²) in [6.45, 7) is 2.15. The van der Waals surface area contributed by atoms with Gasteiger partial charge in [0.25, 0.3) is 0 Å². The van der Waals surface area contributed by atoms with Gasteiger partial charge in [0.15, 0.2) is 11.7 Å². The second-order valence-electron chi connectivity index (χ2n) is 6.83. The zero-order chi connectivity index (χ0) is 20.7. The fourth-order valence-electron chi connectivity index (χ4n) is 3.31. The molecule has 0 aromatic heterocycles. The molecule has 3 aromatic carbocycles. The molecule has 0 saturated heterocycles. The lowest BCUT2D eigenvalue weighted by Gasteiger charge is -2.37. The molecule has 0 bridgehead atoms. The summed E-state index contributed by atoms with van der Waals surface area (Å²) in [5.41, 5.74) is 1.80. The van der Waals surface area contributed by atoms with Crippen molar-refractivity contribution in [3.8, 4) is 0 Å². The van der Waals surface area contributed by atoms with E-state index in [1.54, 1.807) is 48.5 Å². The highest BCUT2D eigenvalue weighted by molar-refractivity contribution is 5.75. The fraction of sp³-hybridized carbons (Fsp3) is 0.160. The van der Waals surface area contributed by atoms with Crippen molar-refractivity contribution in [3.05, 3.63) is 113 Å². The van der Waals surface area contributed by atoms with Crippen LogP contribution in [0.1, 0.15) is 22.3 Å². The van der Waals surface area contributed by atoms with Crippen LogP contribution in [-0.2, 0) is 15.1 Å². The second kappa shape index (κ2) is 9.32. The number of ether oxygens (including phenoxy) is 1. The summed E-state index contributed by atoms with van der Waals surface area (Å²) in [5, 5.41) is 20.4. The minimum absolute atomic E-state index is 0.127. The van der Waals surface area contributed by atoms with Crippen LogP contribution >= 0.6 is 0 Å². The first-order valence-corrected chi connectivity index (χ1v) is 9.43. The van der Waals surface area contributed by atoms with E-state index < -0.39 is 17.7 Å². The van der Waals surface area contributed by atoms with Gasteiger partial charge in [0.1, 0.15) is 0 Å². The SMILES string of the molecule is Cc1ccc(/C=C/COC(c2ccccc2)(c2ccccc2)C(O)C(=O)O)cc1. The second-order valence-corrected chi connectivity index (χ2v) is 6.83. The van der Waals surface area contributed by atoms with E-state index in [9.17, 15) is 15.0 Å². The first-order chi connectivity index (χ1) is 14.0. The van der Waals surface area contributed by atoms with Crippen molar-refractivity contribution in [1.82, 2.24) is 0 Å². The van der Waals surface area contributed by atoms with E-state index in [1.807, 2.05) is 55.5 Å². The summed E-state index contributed by atoms with van der Waals surface area (Å²) in [7, 11) is 0. The Kier molecular flexibility index (Phi) is 6.60. The van der Waals surface area contributed by atoms with Crippen LogP contribution in [0.3, 0.4) is 0 Å². The van der Waals surface area contributed by atoms with E-state index in [1.165, 1.54) is 5.56 Å². The molecule has 4 nitrogen and oxygen atoms in total. The summed E-state index contributed by atoms with van der Waals surface area (Å²) in [4.78, 5) is 11.8. The lowest BCUT2D eigenvalue weighted by atomic mass is 9.81. The summed E-state index contributed by atoms with van der Waals surface area (Å²) in [5.74, 6) is -1.35. The molecule has 0 heterocycles. The van der Waals surface area contributed by atoms with E-state index in [2.05, 4.69) is 0 Å². The molecule has 148 valence electrons. The maximum Gasteiger partial charge on any atom is 0.336 e. The molecule has 0 amide bonds. The summed E-state index contributed by atoms with van der Waals surface area (Å²) >= 11 is 0. The van der Waals surface area contributed by atoms with Gasteiger partial charge in [-0.05, 0) is 23.6 Å². The van der Waals surface area contributed by atoms with Gasteiger partial charge in [0.2, 0.25) is 0 Å². The predicted octanol–water partition coefficient (Wildman–Crippen LogP) is 4.41. The van der Waals surface area contributed by atoms with Crippen LogP contribution in [0.15, 0.2) is 91.0 Å². The van der Waals surface area contributed by atoms with Gasteiger partial charge in [-0.2, -0.15) is 0 Å². The molecule has 0 aliphatic rings. The lowest BCUT2D eigenvalue weighted by Crippen LogP contribution is -2.47. The first kappa shape index (κ1) is 20.5. The molecule has 1 atom stereocenters. The Morgan fingerprint density at radius 1 is 0.931 bits per heavy atom. The third kappa shape index (κ3) is 4.62. The van der Waals surface area contributed by atoms with Crippen molar-refractivity contribution >= 4 is 12.0 Å². The highest BCUT2D eigenvalue weighted by Gasteiger charge is 2.46. The predicted molar refractivity (Wildman–Crippen MR) is 113 cm³/mol. The van der Waals surface area contributed by atoms with E-state index in [0.29, 0.717) is 11.1 Å². The van der Waals surface area contributed by atoms with Crippen LogP contribution < -0.4 is 0 Å². The molecule has 29 heavy (non-hydrogen) atoms. The smallest absolute Gasteiger partial charge is 0.336 e. The Bertz CT molecular complexity index is 908. The standard InChI is InChI=1S/C25H24O4/c1-19-14-16-20(17-15-19)9-8-18-29-25(23(26)24(27)28,21-10-4-2-5-11-21)22-12-6-3-7-13-22/h2-17,23,26H,18H2,1H3,(H,27,28)/b9-8+. The average Bonchev–Trinajstić information content (AvgIpc) is 2.76. The van der Waals surface area contributed by atoms with Crippen LogP contribution in [0.4, 0.5) is 0 Å². The third-order valence-electron chi connectivity index (χ3n) is 4.82. The number of rotatable bonds is 8. The molecule has 0 saturated carbocycles. The highest BCUT2D eigenvalue weighted by atomic mass is 16.5. The molecule has 2 N–H and O–H groups in total. The van der Waals surface area contributed by atoms with Crippen LogP contribution in [0.5, 0.6) is 0 Å². The van der Waals surface area contributed by atoms with Gasteiger partial charge in [0.05, 0.1) is 6.61 Å². The monoisotopic (exact) mass is 388 g/mol. The Morgan fingerprint density at radius 3 is 1.93 bits per heavy atom. The molecule has 0 aliphatic carbocycles. The van der Waals surface area contributed by atoms with Crippen molar-refractivity contribution in [2.24, 2.45) is 0 Å². The Balaban J connectivity index is 1.97. The number of aliphatic carboxylic acids is 1. The third-order valence-corrected chi connectivity index (χ3v) is 4.82. The van der Waals surface area contributed by atoms with Crippen LogP contribution in [0.25, 0.3) is 6.08 Å². The number of benzene rings is 3. The number of aryl methyl sites for hydroxylation is 1. The van der Waals surface area contributed by atoms with Gasteiger partial charge in [-0.15, -0.1) is 0 Å². The Morgan fingerprint density at radius 2 is 1.45 bits per heavy atom. The molecular formula is C25H24O4. The van der Waals surface area contributed by atoms with Gasteiger partial charge in [-0.25, -0.2) is 4.79 Å². The summed E-state index contributed by atoms with van der Waals surface area (Å²) < 4.78 is 6.15. The number of carbonyl (C=O) groups is 1. The molecule has 1 unspecified atom stereocenters. The van der Waals surface area contributed by atoms with Crippen LogP contribution in [-0.4, -0.2) is 28.9 Å². The molecule has 3 aromatic rings. The van der Waals surface area contributed by atoms with E-state index >= 15 is 0 Å². The largest absolute Gasteiger partial charge is 0.479 e. The highest BCUT2D eigenvalue weighted by Crippen LogP contribution is 2.37. The van der Waals surface area contributed by atoms with Gasteiger partial charge >= 0.3 is 5.97 Å². The van der Waals surface area contributed by atoms with E-state index in [-0.39, 0.29) is 6.61 Å². The van der Waals surface area contributed by atoms with Crippen molar-refractivity contribution in [2.45, 2.75) is 18.6 Å². The number of aliphatic hydroxyl groups is 1. The van der Waals surface area contributed by atoms with Crippen LogP contribution in [0.2, 0.25) is 0 Å². The summed E-state index contributed by atoms with van der Waals surface area (Å²) in [6, 6.07) is 26.0. The number of aliphatic hydroxyl groups excluding tert-OH is 1. The molecule has 0 radical (unpaired) electrons. The van der Waals surface area contributed by atoms with Crippen molar-refractivity contribution in [2.75, 3.05) is 6.61 Å². The topological polar surface area (TPSA) is 66.8 Å². The zero-order valence-electron chi connectivity index (χ0n) is 16.2. The molecule has 4 heteroatoms. The van der Waals surface area contributed by atoms with Gasteiger partial charge in [0, 0.05) is 0 Å². The van der Waals surface area contributed by atoms with E-state index in [0.717, 1.165) is 5.56 Å². The quantitative estimate of drug-likeness (QED) is 0.600. The van der Waals surface area contributed by atoms with Crippen molar-refractivity contribution < 1.29 is 19.7 Å². The maximum absolute atomic E-state index is 11.8. The van der Waals surface area contributed by atoms with Crippen molar-refractivity contribution in [1.29, 1.82) is 0 Å². The molecule has 0 spiro atoms. The van der Waals surface area contributed by atoms with E-state index in [4.69, 9.17) is 4.74 Å². The lowest BCUT2D eigenvalue weighted by molar-refractivity contribution is -0.165. The van der Waals surface area contributed by atoms with Gasteiger partial charge in [-0.1, -0.05) is 103 Å². The molecular weight excluding hydrogens is 364 g/mol. The Labute approximate surface area is 170 Å². The maximum atomic E-state index is 11.8. The van der Waals surface area contributed by atoms with Gasteiger partial charge in [-0.3, -0.25) is 0 Å². The van der Waals surface area contributed by atoms with Crippen molar-refractivity contribution in [3.63, 3.8) is 0 Å². The molecule has 0 aliphatic heterocycles. The number of hydrogen-bond donors (Lipinski definition) is 2. The molecule has 0 fully saturated rings. The number of carboxylic acid groups (broad SMARTS) is 1. The fourth-order valence-corrected chi connectivity index (χ4v) is 3.31. The minimum Gasteiger partial charge on any atom is -0.479 e. The molecule has 3 rings (SSSR count).